The summed E-state index contributed by atoms with van der Waals surface area (Å²) in [4.78, 5) is 30.7. The molecule has 0 radical (unpaired) electrons. The number of hydrogen-bond acceptors (Lipinski definition) is 3. The first kappa shape index (κ1) is 23.0. The van der Waals surface area contributed by atoms with Crippen LogP contribution in [0.1, 0.15) is 43.7 Å². The monoisotopic (exact) mass is 476 g/mol. The molecule has 5 rings (SSSR count). The molecule has 2 amide bonds. The Bertz CT molecular complexity index is 1220. The van der Waals surface area contributed by atoms with Crippen LogP contribution in [0.5, 0.6) is 5.75 Å². The number of carbonyl (C=O) groups excluding carboxylic acids is 2. The van der Waals surface area contributed by atoms with Crippen molar-refractivity contribution in [3.63, 3.8) is 0 Å². The summed E-state index contributed by atoms with van der Waals surface area (Å²) < 4.78 is 33.1. The first-order valence-corrected chi connectivity index (χ1v) is 11.9. The molecule has 180 valence electrons. The molecular formula is C28H26F2N2O3. The van der Waals surface area contributed by atoms with Gasteiger partial charge < -0.3 is 9.64 Å². The second-order valence-electron chi connectivity index (χ2n) is 8.95. The zero-order valence-electron chi connectivity index (χ0n) is 19.2. The molecule has 1 saturated carbocycles. The van der Waals surface area contributed by atoms with Crippen LogP contribution >= 0.6 is 0 Å². The highest BCUT2D eigenvalue weighted by atomic mass is 19.1. The van der Waals surface area contributed by atoms with Crippen molar-refractivity contribution in [2.45, 2.75) is 44.2 Å². The van der Waals surface area contributed by atoms with Gasteiger partial charge in [0.15, 0.2) is 6.61 Å². The number of para-hydroxylation sites is 1. The van der Waals surface area contributed by atoms with Crippen molar-refractivity contribution in [1.82, 2.24) is 0 Å². The fourth-order valence-electron chi connectivity index (χ4n) is 5.10. The second-order valence-corrected chi connectivity index (χ2v) is 8.95. The fraction of sp³-hybridized carbons (Fsp3) is 0.286. The standard InChI is InChI=1S/C28H26F2N2O3/c29-19-13-15-23(16-14-19)35-18-26(33)32(22-10-6-7-20(30)17-22)27-24-11-4-5-12-25(24)31(28(27)34)21-8-2-1-3-9-21/h4-7,10-17,21,27H,1-3,8-9,18H2. The van der Waals surface area contributed by atoms with E-state index >= 15 is 0 Å². The molecule has 0 aromatic heterocycles. The highest BCUT2D eigenvalue weighted by Gasteiger charge is 2.45. The van der Waals surface area contributed by atoms with Crippen LogP contribution in [-0.2, 0) is 9.59 Å². The van der Waals surface area contributed by atoms with Crippen LogP contribution in [0.4, 0.5) is 20.2 Å². The maximum absolute atomic E-state index is 14.2. The Labute approximate surface area is 202 Å². The van der Waals surface area contributed by atoms with Crippen LogP contribution in [0.25, 0.3) is 0 Å². The Balaban J connectivity index is 1.51. The number of benzene rings is 3. The number of carbonyl (C=O) groups is 2. The van der Waals surface area contributed by atoms with Gasteiger partial charge in [0.1, 0.15) is 23.4 Å². The van der Waals surface area contributed by atoms with E-state index in [1.165, 1.54) is 47.4 Å². The van der Waals surface area contributed by atoms with Crippen LogP contribution in [0.15, 0.2) is 72.8 Å². The summed E-state index contributed by atoms with van der Waals surface area (Å²) in [7, 11) is 0. The molecule has 3 aromatic rings. The molecular weight excluding hydrogens is 450 g/mol. The van der Waals surface area contributed by atoms with Crippen molar-refractivity contribution in [3.05, 3.63) is 90.0 Å². The molecule has 1 aliphatic heterocycles. The molecule has 0 bridgehead atoms. The third kappa shape index (κ3) is 4.63. The van der Waals surface area contributed by atoms with E-state index in [0.29, 0.717) is 11.3 Å². The SMILES string of the molecule is O=C1C(N(C(=O)COc2ccc(F)cc2)c2cccc(F)c2)c2ccccc2N1C1CCCCC1. The summed E-state index contributed by atoms with van der Waals surface area (Å²) >= 11 is 0. The van der Waals surface area contributed by atoms with Gasteiger partial charge in [-0.3, -0.25) is 14.5 Å². The predicted molar refractivity (Wildman–Crippen MR) is 129 cm³/mol. The van der Waals surface area contributed by atoms with Gasteiger partial charge in [-0.15, -0.1) is 0 Å². The van der Waals surface area contributed by atoms with Crippen molar-refractivity contribution >= 4 is 23.2 Å². The number of halogens is 2. The van der Waals surface area contributed by atoms with E-state index in [1.54, 1.807) is 6.07 Å². The van der Waals surface area contributed by atoms with E-state index < -0.39 is 30.2 Å². The molecule has 1 fully saturated rings. The van der Waals surface area contributed by atoms with E-state index in [2.05, 4.69) is 0 Å². The van der Waals surface area contributed by atoms with Gasteiger partial charge in [0.2, 0.25) is 0 Å². The molecule has 0 N–H and O–H groups in total. The van der Waals surface area contributed by atoms with Gasteiger partial charge in [-0.05, 0) is 61.4 Å². The third-order valence-corrected chi connectivity index (χ3v) is 6.69. The summed E-state index contributed by atoms with van der Waals surface area (Å²) in [6.07, 6.45) is 5.08. The first-order chi connectivity index (χ1) is 17.0. The molecule has 1 aliphatic carbocycles. The van der Waals surface area contributed by atoms with Gasteiger partial charge in [-0.25, -0.2) is 8.78 Å². The Morgan fingerprint density at radius 2 is 1.66 bits per heavy atom. The molecule has 0 spiro atoms. The predicted octanol–water partition coefficient (Wildman–Crippen LogP) is 5.80. The number of amides is 2. The molecule has 7 heteroatoms. The average Bonchev–Trinajstić information content (AvgIpc) is 3.16. The number of hydrogen-bond donors (Lipinski definition) is 0. The van der Waals surface area contributed by atoms with Gasteiger partial charge in [0.05, 0.1) is 0 Å². The van der Waals surface area contributed by atoms with Crippen LogP contribution in [0, 0.1) is 11.6 Å². The molecule has 1 unspecified atom stereocenters. The highest BCUT2D eigenvalue weighted by Crippen LogP contribution is 2.44. The van der Waals surface area contributed by atoms with Gasteiger partial charge in [-0.1, -0.05) is 43.5 Å². The van der Waals surface area contributed by atoms with Gasteiger partial charge >= 0.3 is 0 Å². The van der Waals surface area contributed by atoms with Gasteiger partial charge in [-0.2, -0.15) is 0 Å². The zero-order chi connectivity index (χ0) is 24.4. The summed E-state index contributed by atoms with van der Waals surface area (Å²) in [6, 6.07) is 17.6. The minimum absolute atomic E-state index is 0.0716. The molecule has 35 heavy (non-hydrogen) atoms. The normalized spacial score (nSPS) is 17.8. The summed E-state index contributed by atoms with van der Waals surface area (Å²) in [5.74, 6) is -1.30. The van der Waals surface area contributed by atoms with Crippen LogP contribution < -0.4 is 14.5 Å². The van der Waals surface area contributed by atoms with Crippen molar-refractivity contribution in [2.75, 3.05) is 16.4 Å². The van der Waals surface area contributed by atoms with Crippen molar-refractivity contribution in [1.29, 1.82) is 0 Å². The highest BCUT2D eigenvalue weighted by molar-refractivity contribution is 6.12. The molecule has 1 atom stereocenters. The minimum atomic E-state index is -0.931. The lowest BCUT2D eigenvalue weighted by Gasteiger charge is -2.33. The largest absolute Gasteiger partial charge is 0.484 e. The van der Waals surface area contributed by atoms with E-state index in [0.717, 1.165) is 37.8 Å². The van der Waals surface area contributed by atoms with Crippen molar-refractivity contribution in [3.8, 4) is 5.75 Å². The molecule has 0 saturated heterocycles. The number of rotatable bonds is 6. The summed E-state index contributed by atoms with van der Waals surface area (Å²) in [6.45, 7) is -0.391. The van der Waals surface area contributed by atoms with Crippen LogP contribution in [0.3, 0.4) is 0 Å². The molecule has 5 nitrogen and oxygen atoms in total. The fourth-order valence-corrected chi connectivity index (χ4v) is 5.10. The molecule has 2 aliphatic rings. The number of fused-ring (bicyclic) bond motifs is 1. The Morgan fingerprint density at radius 1 is 0.914 bits per heavy atom. The smallest absolute Gasteiger partial charge is 0.265 e. The molecule has 1 heterocycles. The number of ether oxygens (including phenoxy) is 1. The van der Waals surface area contributed by atoms with Crippen molar-refractivity contribution < 1.29 is 23.1 Å². The Kier molecular flexibility index (Phi) is 6.49. The zero-order valence-corrected chi connectivity index (χ0v) is 19.2. The minimum Gasteiger partial charge on any atom is -0.484 e. The van der Waals surface area contributed by atoms with E-state index in [9.17, 15) is 18.4 Å². The van der Waals surface area contributed by atoms with E-state index in [1.807, 2.05) is 29.2 Å². The van der Waals surface area contributed by atoms with E-state index in [4.69, 9.17) is 4.74 Å². The maximum Gasteiger partial charge on any atom is 0.265 e. The maximum atomic E-state index is 14.2. The summed E-state index contributed by atoms with van der Waals surface area (Å²) in [5.41, 5.74) is 1.78. The second kappa shape index (κ2) is 9.86. The third-order valence-electron chi connectivity index (χ3n) is 6.69. The summed E-state index contributed by atoms with van der Waals surface area (Å²) in [5, 5.41) is 0. The molecule has 3 aromatic carbocycles. The van der Waals surface area contributed by atoms with Crippen LogP contribution in [0.2, 0.25) is 0 Å². The lowest BCUT2D eigenvalue weighted by atomic mass is 9.94. The number of nitrogens with zero attached hydrogens (tertiary/aromatic N) is 2. The first-order valence-electron chi connectivity index (χ1n) is 11.9. The van der Waals surface area contributed by atoms with Crippen LogP contribution in [-0.4, -0.2) is 24.5 Å². The topological polar surface area (TPSA) is 49.9 Å². The quantitative estimate of drug-likeness (QED) is 0.452. The van der Waals surface area contributed by atoms with Gasteiger partial charge in [0, 0.05) is 23.0 Å². The number of anilines is 2. The lowest BCUT2D eigenvalue weighted by Crippen LogP contribution is -2.46. The van der Waals surface area contributed by atoms with Gasteiger partial charge in [0.25, 0.3) is 11.8 Å². The Hall–Kier alpha value is -3.74. The van der Waals surface area contributed by atoms with Crippen molar-refractivity contribution in [2.24, 2.45) is 0 Å². The average molecular weight is 477 g/mol. The Morgan fingerprint density at radius 3 is 2.40 bits per heavy atom. The lowest BCUT2D eigenvalue weighted by molar-refractivity contribution is -0.125. The van der Waals surface area contributed by atoms with E-state index in [-0.39, 0.29) is 17.6 Å².